The molecule has 1 unspecified atom stereocenters. The molecule has 0 N–H and O–H groups in total. The zero-order valence-electron chi connectivity index (χ0n) is 10.0. The van der Waals surface area contributed by atoms with Gasteiger partial charge in [-0.2, -0.15) is 13.2 Å². The van der Waals surface area contributed by atoms with Crippen LogP contribution in [-0.2, 0) is 10.5 Å². The van der Waals surface area contributed by atoms with Crippen LogP contribution in [-0.4, -0.2) is 30.1 Å². The molecular weight excluding hydrogens is 259 g/mol. The summed E-state index contributed by atoms with van der Waals surface area (Å²) in [7, 11) is 0. The van der Waals surface area contributed by atoms with Crippen LogP contribution in [0.5, 0.6) is 0 Å². The maximum Gasteiger partial charge on any atom is 0.448 e. The molecule has 3 rings (SSSR count). The number of halogens is 3. The Morgan fingerprint density at radius 3 is 2.42 bits per heavy atom. The molecule has 0 amide bonds. The van der Waals surface area contributed by atoms with Gasteiger partial charge < -0.3 is 4.74 Å². The summed E-state index contributed by atoms with van der Waals surface area (Å²) in [6.07, 6.45) is -3.30. The third-order valence-corrected chi connectivity index (χ3v) is 3.69. The molecule has 0 saturated carbocycles. The van der Waals surface area contributed by atoms with Crippen LogP contribution in [0.3, 0.4) is 0 Å². The zero-order chi connectivity index (χ0) is 13.7. The molecule has 1 fully saturated rings. The van der Waals surface area contributed by atoms with Gasteiger partial charge in [-0.15, -0.1) is 0 Å². The molecule has 1 saturated heterocycles. The van der Waals surface area contributed by atoms with E-state index in [-0.39, 0.29) is 24.2 Å². The smallest absolute Gasteiger partial charge is 0.426 e. The van der Waals surface area contributed by atoms with E-state index in [1.807, 2.05) is 0 Å². The summed E-state index contributed by atoms with van der Waals surface area (Å²) in [5.41, 5.74) is -2.68. The molecule has 0 aliphatic carbocycles. The Kier molecular flexibility index (Phi) is 2.60. The number of likely N-dealkylation sites (tertiary alicyclic amines) is 1. The molecule has 102 valence electrons. The molecule has 0 bridgehead atoms. The van der Waals surface area contributed by atoms with Gasteiger partial charge in [0, 0.05) is 18.7 Å². The number of carbonyl (C=O) groups excluding carboxylic acids is 1. The molecule has 6 heteroatoms. The predicted octanol–water partition coefficient (Wildman–Crippen LogP) is 2.67. The highest BCUT2D eigenvalue weighted by molar-refractivity contribution is 5.94. The standard InChI is InChI=1S/C13H12F3NO2/c14-13(15,16)12(17-7-3-4-8-17)10-6-2-1-5-9(10)11(18)19-12/h1-2,5-6H,3-4,7-8H2. The fourth-order valence-corrected chi connectivity index (χ4v) is 2.86. The number of hydrogen-bond acceptors (Lipinski definition) is 3. The second-order valence-corrected chi connectivity index (χ2v) is 4.77. The second kappa shape index (κ2) is 3.96. The highest BCUT2D eigenvalue weighted by Crippen LogP contribution is 2.51. The molecule has 3 nitrogen and oxygen atoms in total. The van der Waals surface area contributed by atoms with Crippen LogP contribution in [0.4, 0.5) is 13.2 Å². The van der Waals surface area contributed by atoms with Crippen LogP contribution < -0.4 is 0 Å². The highest BCUT2D eigenvalue weighted by Gasteiger charge is 2.67. The van der Waals surface area contributed by atoms with Crippen molar-refractivity contribution in [2.24, 2.45) is 0 Å². The summed E-state index contributed by atoms with van der Waals surface area (Å²) >= 11 is 0. The molecule has 2 aliphatic heterocycles. The number of nitrogens with zero attached hydrogens (tertiary/aromatic N) is 1. The lowest BCUT2D eigenvalue weighted by atomic mass is 9.98. The van der Waals surface area contributed by atoms with Gasteiger partial charge in [-0.1, -0.05) is 18.2 Å². The maximum absolute atomic E-state index is 13.6. The van der Waals surface area contributed by atoms with Gasteiger partial charge in [0.05, 0.1) is 5.56 Å². The van der Waals surface area contributed by atoms with Crippen molar-refractivity contribution in [2.45, 2.75) is 24.7 Å². The van der Waals surface area contributed by atoms with E-state index < -0.39 is 17.9 Å². The third-order valence-electron chi connectivity index (χ3n) is 3.69. The summed E-state index contributed by atoms with van der Waals surface area (Å²) < 4.78 is 45.6. The Hall–Kier alpha value is -1.56. The molecule has 1 aromatic carbocycles. The van der Waals surface area contributed by atoms with Crippen molar-refractivity contribution in [1.82, 2.24) is 4.90 Å². The summed E-state index contributed by atoms with van der Waals surface area (Å²) in [5.74, 6) is -0.903. The number of benzene rings is 1. The number of cyclic esters (lactones) is 1. The highest BCUT2D eigenvalue weighted by atomic mass is 19.4. The number of carbonyl (C=O) groups is 1. The number of rotatable bonds is 1. The summed E-state index contributed by atoms with van der Waals surface area (Å²) in [6, 6.07) is 5.74. The molecule has 2 aliphatic rings. The first-order valence-corrected chi connectivity index (χ1v) is 6.11. The Labute approximate surface area is 108 Å². The predicted molar refractivity (Wildman–Crippen MR) is 60.4 cm³/mol. The van der Waals surface area contributed by atoms with Gasteiger partial charge in [0.2, 0.25) is 0 Å². The SMILES string of the molecule is O=C1OC(N2CCCC2)(C(F)(F)F)c2ccccc21. The lowest BCUT2D eigenvalue weighted by Crippen LogP contribution is -2.55. The number of fused-ring (bicyclic) bond motifs is 1. The summed E-state index contributed by atoms with van der Waals surface area (Å²) in [6.45, 7) is 0.558. The molecule has 0 radical (unpaired) electrons. The lowest BCUT2D eigenvalue weighted by Gasteiger charge is -2.38. The third kappa shape index (κ3) is 1.59. The summed E-state index contributed by atoms with van der Waals surface area (Å²) in [4.78, 5) is 13.0. The Balaban J connectivity index is 2.20. The Morgan fingerprint density at radius 2 is 1.79 bits per heavy atom. The van der Waals surface area contributed by atoms with Crippen LogP contribution >= 0.6 is 0 Å². The van der Waals surface area contributed by atoms with E-state index in [9.17, 15) is 18.0 Å². The molecule has 1 atom stereocenters. The first-order valence-electron chi connectivity index (χ1n) is 6.11. The average molecular weight is 271 g/mol. The van der Waals surface area contributed by atoms with Crippen LogP contribution in [0.25, 0.3) is 0 Å². The lowest BCUT2D eigenvalue weighted by molar-refractivity contribution is -0.313. The fraction of sp³-hybridized carbons (Fsp3) is 0.462. The molecule has 19 heavy (non-hydrogen) atoms. The van der Waals surface area contributed by atoms with Crippen molar-refractivity contribution in [1.29, 1.82) is 0 Å². The van der Waals surface area contributed by atoms with Gasteiger partial charge in [0.1, 0.15) is 0 Å². The van der Waals surface area contributed by atoms with E-state index in [2.05, 4.69) is 0 Å². The van der Waals surface area contributed by atoms with Crippen molar-refractivity contribution < 1.29 is 22.7 Å². The molecule has 0 aromatic heterocycles. The number of ether oxygens (including phenoxy) is 1. The minimum atomic E-state index is -4.65. The fourth-order valence-electron chi connectivity index (χ4n) is 2.86. The topological polar surface area (TPSA) is 29.5 Å². The van der Waals surface area contributed by atoms with Crippen molar-refractivity contribution in [3.8, 4) is 0 Å². The monoisotopic (exact) mass is 271 g/mol. The van der Waals surface area contributed by atoms with Gasteiger partial charge in [-0.25, -0.2) is 4.79 Å². The van der Waals surface area contributed by atoms with E-state index in [4.69, 9.17) is 4.74 Å². The van der Waals surface area contributed by atoms with E-state index in [0.29, 0.717) is 12.8 Å². The van der Waals surface area contributed by atoms with Crippen molar-refractivity contribution in [3.63, 3.8) is 0 Å². The summed E-state index contributed by atoms with van der Waals surface area (Å²) in [5, 5.41) is 0. The van der Waals surface area contributed by atoms with Gasteiger partial charge in [-0.05, 0) is 18.9 Å². The number of esters is 1. The minimum absolute atomic E-state index is 0.00623. The van der Waals surface area contributed by atoms with E-state index in [0.717, 1.165) is 0 Å². The van der Waals surface area contributed by atoms with Crippen LogP contribution in [0.1, 0.15) is 28.8 Å². The van der Waals surface area contributed by atoms with Gasteiger partial charge in [-0.3, -0.25) is 4.90 Å². The average Bonchev–Trinajstić information content (AvgIpc) is 2.96. The van der Waals surface area contributed by atoms with Crippen LogP contribution in [0, 0.1) is 0 Å². The first kappa shape index (κ1) is 12.5. The van der Waals surface area contributed by atoms with E-state index in [1.165, 1.54) is 29.2 Å². The van der Waals surface area contributed by atoms with E-state index in [1.54, 1.807) is 0 Å². The van der Waals surface area contributed by atoms with Gasteiger partial charge in [0.15, 0.2) is 0 Å². The Morgan fingerprint density at radius 1 is 1.16 bits per heavy atom. The second-order valence-electron chi connectivity index (χ2n) is 4.77. The van der Waals surface area contributed by atoms with E-state index >= 15 is 0 Å². The normalized spacial score (nSPS) is 27.4. The van der Waals surface area contributed by atoms with Gasteiger partial charge >= 0.3 is 12.1 Å². The first-order chi connectivity index (χ1) is 8.97. The quantitative estimate of drug-likeness (QED) is 0.735. The van der Waals surface area contributed by atoms with Crippen molar-refractivity contribution in [2.75, 3.05) is 13.1 Å². The maximum atomic E-state index is 13.6. The molecule has 1 aromatic rings. The van der Waals surface area contributed by atoms with Gasteiger partial charge in [0.25, 0.3) is 5.72 Å². The minimum Gasteiger partial charge on any atom is -0.426 e. The van der Waals surface area contributed by atoms with Crippen molar-refractivity contribution in [3.05, 3.63) is 35.4 Å². The zero-order valence-corrected chi connectivity index (χ0v) is 10.0. The van der Waals surface area contributed by atoms with Crippen molar-refractivity contribution >= 4 is 5.97 Å². The molecule has 2 heterocycles. The molecular formula is C13H12F3NO2. The largest absolute Gasteiger partial charge is 0.448 e. The number of alkyl halides is 3. The molecule has 0 spiro atoms. The van der Waals surface area contributed by atoms with Crippen LogP contribution in [0.15, 0.2) is 24.3 Å². The van der Waals surface area contributed by atoms with Crippen LogP contribution in [0.2, 0.25) is 0 Å². The Bertz CT molecular complexity index is 523. The number of hydrogen-bond donors (Lipinski definition) is 0.